The van der Waals surface area contributed by atoms with Crippen molar-refractivity contribution < 1.29 is 12.8 Å². The van der Waals surface area contributed by atoms with E-state index in [1.54, 1.807) is 18.2 Å². The molecule has 0 heterocycles. The summed E-state index contributed by atoms with van der Waals surface area (Å²) in [6, 6.07) is 11.0. The zero-order valence-electron chi connectivity index (χ0n) is 11.6. The van der Waals surface area contributed by atoms with Crippen LogP contribution in [0.4, 0.5) is 10.1 Å². The molecule has 0 aromatic heterocycles. The van der Waals surface area contributed by atoms with Gasteiger partial charge in [-0.3, -0.25) is 0 Å². The summed E-state index contributed by atoms with van der Waals surface area (Å²) in [4.78, 5) is 0.0856. The third-order valence-electron chi connectivity index (χ3n) is 3.21. The van der Waals surface area contributed by atoms with Gasteiger partial charge in [-0.1, -0.05) is 6.07 Å². The zero-order valence-corrected chi connectivity index (χ0v) is 12.5. The second kappa shape index (κ2) is 6.24. The molecule has 0 atom stereocenters. The number of aryl methyl sites for hydroxylation is 1. The lowest BCUT2D eigenvalue weighted by Crippen LogP contribution is -2.12. The van der Waals surface area contributed by atoms with Gasteiger partial charge in [-0.15, -0.1) is 0 Å². The minimum Gasteiger partial charge on any atom is -0.385 e. The Kier molecular flexibility index (Phi) is 4.59. The maximum absolute atomic E-state index is 13.0. The number of nitrogens with one attached hydrogen (secondary N) is 1. The van der Waals surface area contributed by atoms with Crippen molar-refractivity contribution in [3.8, 4) is 0 Å². The maximum Gasteiger partial charge on any atom is 0.238 e. The number of hydrogen-bond donors (Lipinski definition) is 2. The Morgan fingerprint density at radius 1 is 1.14 bits per heavy atom. The van der Waals surface area contributed by atoms with Crippen molar-refractivity contribution >= 4 is 15.7 Å². The maximum atomic E-state index is 13.0. The standard InChI is InChI=1S/C15H17FN2O2S/c1-11-10-13(16)3-2-12(11)8-9-18-14-4-6-15(7-5-14)21(17,19)20/h2-7,10,18H,8-9H2,1H3,(H2,17,19,20). The average Bonchev–Trinajstić information content (AvgIpc) is 2.41. The molecule has 0 saturated heterocycles. The lowest BCUT2D eigenvalue weighted by Gasteiger charge is -2.09. The van der Waals surface area contributed by atoms with E-state index in [1.165, 1.54) is 24.3 Å². The molecule has 0 fully saturated rings. The van der Waals surface area contributed by atoms with Gasteiger partial charge in [-0.2, -0.15) is 0 Å². The molecule has 0 radical (unpaired) electrons. The lowest BCUT2D eigenvalue weighted by molar-refractivity contribution is 0.598. The molecule has 0 aliphatic rings. The Morgan fingerprint density at radius 2 is 1.81 bits per heavy atom. The van der Waals surface area contributed by atoms with Crippen LogP contribution in [-0.2, 0) is 16.4 Å². The van der Waals surface area contributed by atoms with Crippen LogP contribution in [0.25, 0.3) is 0 Å². The molecule has 0 spiro atoms. The molecule has 2 rings (SSSR count). The van der Waals surface area contributed by atoms with Gasteiger partial charge in [0.15, 0.2) is 0 Å². The van der Waals surface area contributed by atoms with Crippen molar-refractivity contribution in [3.63, 3.8) is 0 Å². The van der Waals surface area contributed by atoms with Gasteiger partial charge in [0.1, 0.15) is 5.82 Å². The van der Waals surface area contributed by atoms with Crippen molar-refractivity contribution in [2.75, 3.05) is 11.9 Å². The quantitative estimate of drug-likeness (QED) is 0.891. The number of halogens is 1. The second-order valence-electron chi connectivity index (χ2n) is 4.82. The van der Waals surface area contributed by atoms with Crippen LogP contribution in [0.5, 0.6) is 0 Å². The fraction of sp³-hybridized carbons (Fsp3) is 0.200. The number of hydrogen-bond acceptors (Lipinski definition) is 3. The van der Waals surface area contributed by atoms with Gasteiger partial charge < -0.3 is 5.32 Å². The van der Waals surface area contributed by atoms with Crippen molar-refractivity contribution in [1.82, 2.24) is 0 Å². The van der Waals surface area contributed by atoms with E-state index in [4.69, 9.17) is 5.14 Å². The zero-order chi connectivity index (χ0) is 15.5. The smallest absolute Gasteiger partial charge is 0.238 e. The Hall–Kier alpha value is -1.92. The van der Waals surface area contributed by atoms with E-state index >= 15 is 0 Å². The highest BCUT2D eigenvalue weighted by molar-refractivity contribution is 7.89. The number of anilines is 1. The first-order chi connectivity index (χ1) is 9.86. The lowest BCUT2D eigenvalue weighted by atomic mass is 10.1. The first kappa shape index (κ1) is 15.5. The summed E-state index contributed by atoms with van der Waals surface area (Å²) >= 11 is 0. The van der Waals surface area contributed by atoms with E-state index in [0.717, 1.165) is 23.2 Å². The molecule has 2 aromatic carbocycles. The van der Waals surface area contributed by atoms with Crippen LogP contribution >= 0.6 is 0 Å². The predicted octanol–water partition coefficient (Wildman–Crippen LogP) is 2.44. The molecule has 3 N–H and O–H groups in total. The highest BCUT2D eigenvalue weighted by Crippen LogP contribution is 2.14. The summed E-state index contributed by atoms with van der Waals surface area (Å²) in [7, 11) is -3.66. The van der Waals surface area contributed by atoms with Gasteiger partial charge in [0.25, 0.3) is 0 Å². The fourth-order valence-corrected chi connectivity index (χ4v) is 2.56. The minimum absolute atomic E-state index is 0.0856. The number of benzene rings is 2. The molecule has 0 bridgehead atoms. The van der Waals surface area contributed by atoms with Crippen LogP contribution in [-0.4, -0.2) is 15.0 Å². The Bertz CT molecular complexity index is 728. The second-order valence-corrected chi connectivity index (χ2v) is 6.38. The molecular formula is C15H17FN2O2S. The summed E-state index contributed by atoms with van der Waals surface area (Å²) in [5.74, 6) is -0.234. The van der Waals surface area contributed by atoms with E-state index in [0.29, 0.717) is 6.54 Å². The summed E-state index contributed by atoms with van der Waals surface area (Å²) in [6.45, 7) is 2.54. The number of rotatable bonds is 5. The van der Waals surface area contributed by atoms with E-state index in [1.807, 2.05) is 6.92 Å². The first-order valence-electron chi connectivity index (χ1n) is 6.48. The highest BCUT2D eigenvalue weighted by Gasteiger charge is 2.06. The number of primary sulfonamides is 1. The molecule has 0 amide bonds. The molecule has 112 valence electrons. The Balaban J connectivity index is 1.94. The van der Waals surface area contributed by atoms with Crippen LogP contribution in [0.2, 0.25) is 0 Å². The number of nitrogens with two attached hydrogens (primary N) is 1. The molecule has 6 heteroatoms. The summed E-state index contributed by atoms with van der Waals surface area (Å²) in [6.07, 6.45) is 0.753. The van der Waals surface area contributed by atoms with Crippen LogP contribution in [0.3, 0.4) is 0 Å². The van der Waals surface area contributed by atoms with Crippen LogP contribution < -0.4 is 10.5 Å². The molecule has 4 nitrogen and oxygen atoms in total. The van der Waals surface area contributed by atoms with Crippen molar-refractivity contribution in [2.24, 2.45) is 5.14 Å². The molecule has 2 aromatic rings. The molecule has 0 unspecified atom stereocenters. The molecule has 0 aliphatic carbocycles. The Labute approximate surface area is 123 Å². The molecular weight excluding hydrogens is 291 g/mol. The van der Waals surface area contributed by atoms with Gasteiger partial charge in [-0.05, 0) is 60.9 Å². The van der Waals surface area contributed by atoms with Gasteiger partial charge >= 0.3 is 0 Å². The van der Waals surface area contributed by atoms with E-state index < -0.39 is 10.0 Å². The highest BCUT2D eigenvalue weighted by atomic mass is 32.2. The van der Waals surface area contributed by atoms with Gasteiger partial charge in [0.2, 0.25) is 10.0 Å². The summed E-state index contributed by atoms with van der Waals surface area (Å²) in [5, 5.41) is 8.22. The van der Waals surface area contributed by atoms with Crippen molar-refractivity contribution in [3.05, 3.63) is 59.4 Å². The van der Waals surface area contributed by atoms with Gasteiger partial charge in [-0.25, -0.2) is 17.9 Å². The van der Waals surface area contributed by atoms with Gasteiger partial charge in [0.05, 0.1) is 4.90 Å². The Morgan fingerprint density at radius 3 is 2.38 bits per heavy atom. The number of sulfonamides is 1. The first-order valence-corrected chi connectivity index (χ1v) is 8.02. The van der Waals surface area contributed by atoms with Gasteiger partial charge in [0, 0.05) is 12.2 Å². The normalized spacial score (nSPS) is 11.4. The average molecular weight is 308 g/mol. The predicted molar refractivity (Wildman–Crippen MR) is 81.1 cm³/mol. The molecule has 0 saturated carbocycles. The third kappa shape index (κ3) is 4.27. The SMILES string of the molecule is Cc1cc(F)ccc1CCNc1ccc(S(N)(=O)=O)cc1. The van der Waals surface area contributed by atoms with Crippen LogP contribution in [0.15, 0.2) is 47.4 Å². The largest absolute Gasteiger partial charge is 0.385 e. The van der Waals surface area contributed by atoms with E-state index in [-0.39, 0.29) is 10.7 Å². The monoisotopic (exact) mass is 308 g/mol. The molecule has 21 heavy (non-hydrogen) atoms. The van der Waals surface area contributed by atoms with Crippen LogP contribution in [0, 0.1) is 12.7 Å². The summed E-state index contributed by atoms with van der Waals surface area (Å²) in [5.41, 5.74) is 2.80. The van der Waals surface area contributed by atoms with Crippen LogP contribution in [0.1, 0.15) is 11.1 Å². The van der Waals surface area contributed by atoms with E-state index in [2.05, 4.69) is 5.32 Å². The fourth-order valence-electron chi connectivity index (χ4n) is 2.04. The minimum atomic E-state index is -3.66. The topological polar surface area (TPSA) is 72.2 Å². The van der Waals surface area contributed by atoms with Crippen molar-refractivity contribution in [2.45, 2.75) is 18.2 Å². The van der Waals surface area contributed by atoms with Crippen molar-refractivity contribution in [1.29, 1.82) is 0 Å². The molecule has 0 aliphatic heterocycles. The summed E-state index contributed by atoms with van der Waals surface area (Å²) < 4.78 is 35.3. The third-order valence-corrected chi connectivity index (χ3v) is 4.14. The van der Waals surface area contributed by atoms with E-state index in [9.17, 15) is 12.8 Å².